The molecule has 1 fully saturated rings. The van der Waals surface area contributed by atoms with Crippen LogP contribution in [0.5, 0.6) is 0 Å². The van der Waals surface area contributed by atoms with Gasteiger partial charge in [-0.25, -0.2) is 0 Å². The summed E-state index contributed by atoms with van der Waals surface area (Å²) in [6.07, 6.45) is 0.877. The van der Waals surface area contributed by atoms with Crippen molar-refractivity contribution < 1.29 is 19.4 Å². The molecule has 5 heteroatoms. The minimum atomic E-state index is -0.917. The minimum absolute atomic E-state index is 0.0708. The third-order valence-corrected chi connectivity index (χ3v) is 3.89. The smallest absolute Gasteiger partial charge is 0.309 e. The van der Waals surface area contributed by atoms with Crippen LogP contribution in [0.2, 0.25) is 0 Å². The third-order valence-electron chi connectivity index (χ3n) is 3.89. The fraction of sp³-hybridized carbons (Fsp3) is 0.500. The van der Waals surface area contributed by atoms with Gasteiger partial charge in [0.1, 0.15) is 0 Å². The van der Waals surface area contributed by atoms with Crippen molar-refractivity contribution in [2.45, 2.75) is 32.4 Å². The number of carbonyl (C=O) groups is 2. The normalized spacial score (nSPS) is 21.8. The molecule has 0 aliphatic carbocycles. The van der Waals surface area contributed by atoms with E-state index in [1.807, 2.05) is 31.2 Å². The van der Waals surface area contributed by atoms with Gasteiger partial charge in [-0.2, -0.15) is 0 Å². The minimum Gasteiger partial charge on any atom is -0.481 e. The van der Waals surface area contributed by atoms with Gasteiger partial charge in [-0.15, -0.1) is 0 Å². The zero-order chi connectivity index (χ0) is 15.4. The monoisotopic (exact) mass is 291 g/mol. The number of hydrogen-bond donors (Lipinski definition) is 1. The molecule has 1 saturated heterocycles. The second-order valence-electron chi connectivity index (χ2n) is 5.31. The number of rotatable bonds is 6. The fourth-order valence-corrected chi connectivity index (χ4v) is 3.01. The number of carboxylic acids is 1. The second-order valence-corrected chi connectivity index (χ2v) is 5.31. The summed E-state index contributed by atoms with van der Waals surface area (Å²) < 4.78 is 5.20. The largest absolute Gasteiger partial charge is 0.481 e. The summed E-state index contributed by atoms with van der Waals surface area (Å²) in [5.41, 5.74) is 1.82. The first-order valence-electron chi connectivity index (χ1n) is 7.19. The van der Waals surface area contributed by atoms with Crippen molar-refractivity contribution in [3.8, 4) is 0 Å². The topological polar surface area (TPSA) is 66.8 Å². The molecule has 0 spiro atoms. The molecule has 5 nitrogen and oxygen atoms in total. The van der Waals surface area contributed by atoms with Crippen LogP contribution in [0.25, 0.3) is 0 Å². The summed E-state index contributed by atoms with van der Waals surface area (Å²) in [7, 11) is 1.61. The van der Waals surface area contributed by atoms with E-state index in [1.165, 1.54) is 0 Å². The highest BCUT2D eigenvalue weighted by Crippen LogP contribution is 2.39. The molecule has 1 amide bonds. The van der Waals surface area contributed by atoms with E-state index in [-0.39, 0.29) is 12.3 Å². The average Bonchev–Trinajstić information content (AvgIpc) is 2.78. The number of ether oxygens (including phenoxy) is 1. The van der Waals surface area contributed by atoms with Crippen LogP contribution in [0.3, 0.4) is 0 Å². The van der Waals surface area contributed by atoms with Gasteiger partial charge < -0.3 is 14.7 Å². The molecule has 1 heterocycles. The van der Waals surface area contributed by atoms with Gasteiger partial charge >= 0.3 is 5.97 Å². The molecule has 21 heavy (non-hydrogen) atoms. The molecule has 114 valence electrons. The second kappa shape index (κ2) is 6.72. The van der Waals surface area contributed by atoms with Crippen LogP contribution in [0.1, 0.15) is 36.9 Å². The number of likely N-dealkylation sites (tertiary alicyclic amines) is 1. The predicted molar refractivity (Wildman–Crippen MR) is 77.6 cm³/mol. The van der Waals surface area contributed by atoms with Gasteiger partial charge in [0.15, 0.2) is 0 Å². The van der Waals surface area contributed by atoms with Crippen molar-refractivity contribution in [1.82, 2.24) is 4.90 Å². The number of amides is 1. The molecule has 1 aromatic rings. The number of carbonyl (C=O) groups excluding carboxylic acids is 1. The van der Waals surface area contributed by atoms with Crippen molar-refractivity contribution in [2.24, 2.45) is 5.92 Å². The van der Waals surface area contributed by atoms with E-state index in [0.717, 1.165) is 17.5 Å². The molecule has 2 unspecified atom stereocenters. The quantitative estimate of drug-likeness (QED) is 0.872. The lowest BCUT2D eigenvalue weighted by Crippen LogP contribution is -2.32. The van der Waals surface area contributed by atoms with E-state index in [2.05, 4.69) is 0 Å². The molecular formula is C16H21NO4. The van der Waals surface area contributed by atoms with Gasteiger partial charge in [-0.05, 0) is 17.5 Å². The summed E-state index contributed by atoms with van der Waals surface area (Å²) in [6.45, 7) is 2.97. The van der Waals surface area contributed by atoms with Gasteiger partial charge in [0, 0.05) is 20.1 Å². The van der Waals surface area contributed by atoms with Crippen molar-refractivity contribution in [1.29, 1.82) is 0 Å². The zero-order valence-corrected chi connectivity index (χ0v) is 12.4. The molecule has 0 aromatic heterocycles. The number of benzene rings is 1. The standard InChI is InChI=1S/C16H21NO4/c1-3-8-17-14(18)9-13(16(19)20)15(17)12-7-5-4-6-11(12)10-21-2/h4-7,13,15H,3,8-10H2,1-2H3,(H,19,20). The van der Waals surface area contributed by atoms with Gasteiger partial charge in [0.05, 0.1) is 18.6 Å². The van der Waals surface area contributed by atoms with E-state index in [1.54, 1.807) is 12.0 Å². The van der Waals surface area contributed by atoms with E-state index < -0.39 is 17.9 Å². The lowest BCUT2D eigenvalue weighted by Gasteiger charge is -2.28. The first-order chi connectivity index (χ1) is 10.1. The Morgan fingerprint density at radius 1 is 1.43 bits per heavy atom. The van der Waals surface area contributed by atoms with Crippen LogP contribution in [0.15, 0.2) is 24.3 Å². The molecule has 1 aliphatic rings. The predicted octanol–water partition coefficient (Wildman–Crippen LogP) is 2.22. The molecule has 1 N–H and O–H groups in total. The highest BCUT2D eigenvalue weighted by molar-refractivity contribution is 5.87. The summed E-state index contributed by atoms with van der Waals surface area (Å²) in [5, 5.41) is 9.46. The maximum absolute atomic E-state index is 12.2. The Morgan fingerprint density at radius 3 is 2.76 bits per heavy atom. The number of hydrogen-bond acceptors (Lipinski definition) is 3. The molecule has 1 aliphatic heterocycles. The lowest BCUT2D eigenvalue weighted by atomic mass is 9.90. The van der Waals surface area contributed by atoms with Gasteiger partial charge in [0.2, 0.25) is 5.91 Å². The molecular weight excluding hydrogens is 270 g/mol. The van der Waals surface area contributed by atoms with E-state index in [9.17, 15) is 14.7 Å². The van der Waals surface area contributed by atoms with Crippen molar-refractivity contribution in [2.75, 3.05) is 13.7 Å². The number of carboxylic acid groups (broad SMARTS) is 1. The molecule has 0 bridgehead atoms. The van der Waals surface area contributed by atoms with Crippen LogP contribution in [-0.2, 0) is 20.9 Å². The van der Waals surface area contributed by atoms with E-state index >= 15 is 0 Å². The van der Waals surface area contributed by atoms with Gasteiger partial charge in [0.25, 0.3) is 0 Å². The molecule has 0 saturated carbocycles. The Morgan fingerprint density at radius 2 is 2.14 bits per heavy atom. The van der Waals surface area contributed by atoms with E-state index in [4.69, 9.17) is 4.74 Å². The average molecular weight is 291 g/mol. The molecule has 2 atom stereocenters. The fourth-order valence-electron chi connectivity index (χ4n) is 3.01. The summed E-state index contributed by atoms with van der Waals surface area (Å²) in [4.78, 5) is 25.4. The summed E-state index contributed by atoms with van der Waals surface area (Å²) in [5.74, 6) is -1.69. The highest BCUT2D eigenvalue weighted by Gasteiger charge is 2.44. The van der Waals surface area contributed by atoms with Crippen molar-refractivity contribution in [3.63, 3.8) is 0 Å². The van der Waals surface area contributed by atoms with Crippen LogP contribution in [0, 0.1) is 5.92 Å². The Labute approximate surface area is 124 Å². The van der Waals surface area contributed by atoms with Gasteiger partial charge in [-0.3, -0.25) is 9.59 Å². The molecule has 2 rings (SSSR count). The number of nitrogens with zero attached hydrogens (tertiary/aromatic N) is 1. The first kappa shape index (κ1) is 15.5. The Bertz CT molecular complexity index is 529. The van der Waals surface area contributed by atoms with Crippen LogP contribution in [-0.4, -0.2) is 35.5 Å². The van der Waals surface area contributed by atoms with Crippen LogP contribution < -0.4 is 0 Å². The maximum atomic E-state index is 12.2. The Kier molecular flexibility index (Phi) is 4.96. The highest BCUT2D eigenvalue weighted by atomic mass is 16.5. The number of methoxy groups -OCH3 is 1. The Hall–Kier alpha value is -1.88. The molecule has 0 radical (unpaired) electrons. The zero-order valence-electron chi connectivity index (χ0n) is 12.4. The Balaban J connectivity index is 2.44. The van der Waals surface area contributed by atoms with Crippen molar-refractivity contribution >= 4 is 11.9 Å². The SMILES string of the molecule is CCCN1C(=O)CC(C(=O)O)C1c1ccccc1COC. The third kappa shape index (κ3) is 3.08. The first-order valence-corrected chi connectivity index (χ1v) is 7.19. The van der Waals surface area contributed by atoms with Crippen LogP contribution in [0.4, 0.5) is 0 Å². The molecule has 1 aromatic carbocycles. The summed E-state index contributed by atoms with van der Waals surface area (Å²) in [6, 6.07) is 7.19. The van der Waals surface area contributed by atoms with Crippen molar-refractivity contribution in [3.05, 3.63) is 35.4 Å². The lowest BCUT2D eigenvalue weighted by molar-refractivity contribution is -0.142. The maximum Gasteiger partial charge on any atom is 0.309 e. The van der Waals surface area contributed by atoms with E-state index in [0.29, 0.717) is 13.2 Å². The summed E-state index contributed by atoms with van der Waals surface area (Å²) >= 11 is 0. The van der Waals surface area contributed by atoms with Gasteiger partial charge in [-0.1, -0.05) is 31.2 Å². The van der Waals surface area contributed by atoms with Crippen LogP contribution >= 0.6 is 0 Å². The number of aliphatic carboxylic acids is 1.